The Morgan fingerprint density at radius 3 is 2.78 bits per heavy atom. The Kier molecular flexibility index (Phi) is 5.17. The normalized spacial score (nSPS) is 23.7. The topological polar surface area (TPSA) is 71.5 Å². The van der Waals surface area contributed by atoms with Crippen LogP contribution >= 0.6 is 11.3 Å². The number of amides is 2. The van der Waals surface area contributed by atoms with Gasteiger partial charge in [-0.25, -0.2) is 4.98 Å². The lowest BCUT2D eigenvalue weighted by molar-refractivity contribution is 0.0684. The summed E-state index contributed by atoms with van der Waals surface area (Å²) in [7, 11) is 0. The van der Waals surface area contributed by atoms with E-state index in [0.29, 0.717) is 36.2 Å². The van der Waals surface area contributed by atoms with Crippen LogP contribution in [0.4, 0.5) is 0 Å². The molecule has 2 aliphatic carbocycles. The van der Waals surface area contributed by atoms with Gasteiger partial charge in [0.25, 0.3) is 11.8 Å². The molecule has 7 rings (SSSR count). The van der Waals surface area contributed by atoms with Gasteiger partial charge < -0.3 is 15.0 Å². The molecular weight excluding hydrogens is 470 g/mol. The molecule has 0 bridgehead atoms. The second kappa shape index (κ2) is 8.44. The fourth-order valence-corrected chi connectivity index (χ4v) is 7.04. The van der Waals surface area contributed by atoms with E-state index in [2.05, 4.69) is 36.5 Å². The van der Waals surface area contributed by atoms with Gasteiger partial charge in [-0.1, -0.05) is 35.9 Å². The maximum absolute atomic E-state index is 14.0. The molecule has 0 radical (unpaired) electrons. The molecule has 1 N–H and O–H groups in total. The Morgan fingerprint density at radius 2 is 1.97 bits per heavy atom. The number of hydrogen-bond acceptors (Lipinski definition) is 5. The van der Waals surface area contributed by atoms with E-state index in [0.717, 1.165) is 58.9 Å². The first-order valence-electron chi connectivity index (χ1n) is 13.0. The number of rotatable bonds is 6. The van der Waals surface area contributed by atoms with Crippen LogP contribution in [-0.2, 0) is 6.42 Å². The van der Waals surface area contributed by atoms with Gasteiger partial charge in [-0.15, -0.1) is 11.3 Å². The van der Waals surface area contributed by atoms with Crippen LogP contribution in [0.5, 0.6) is 5.75 Å². The van der Waals surface area contributed by atoms with Gasteiger partial charge in [0.1, 0.15) is 11.4 Å². The largest absolute Gasteiger partial charge is 0.493 e. The molecule has 7 heteroatoms. The molecule has 2 saturated carbocycles. The quantitative estimate of drug-likeness (QED) is 0.520. The van der Waals surface area contributed by atoms with Crippen LogP contribution in [0.15, 0.2) is 42.5 Å². The number of piperidine rings is 1. The van der Waals surface area contributed by atoms with Gasteiger partial charge in [0.2, 0.25) is 0 Å². The first kappa shape index (κ1) is 22.0. The number of thiazole rings is 1. The minimum Gasteiger partial charge on any atom is -0.493 e. The van der Waals surface area contributed by atoms with Crippen LogP contribution < -0.4 is 10.1 Å². The number of aromatic nitrogens is 1. The zero-order chi connectivity index (χ0) is 24.4. The highest BCUT2D eigenvalue weighted by Crippen LogP contribution is 2.50. The van der Waals surface area contributed by atoms with Crippen LogP contribution in [0, 0.1) is 12.8 Å². The number of aryl methyl sites for hydroxylation is 1. The van der Waals surface area contributed by atoms with E-state index in [1.807, 2.05) is 23.1 Å². The van der Waals surface area contributed by atoms with Gasteiger partial charge in [0, 0.05) is 36.1 Å². The van der Waals surface area contributed by atoms with E-state index in [1.54, 1.807) is 11.3 Å². The molecule has 2 amide bonds. The van der Waals surface area contributed by atoms with Crippen molar-refractivity contribution in [3.8, 4) is 16.2 Å². The molecule has 0 spiro atoms. The predicted octanol–water partition coefficient (Wildman–Crippen LogP) is 4.96. The second-order valence-electron chi connectivity index (χ2n) is 10.6. The standard InChI is InChI=1S/C29H29N3O3S/c1-16-5-7-17(8-6-16)26-25(31-28(36-26)18-9-10-18)29(34)32-20(13-19-14-23(19)32)15-30-27(33)22-3-2-4-24-21(22)11-12-35-24/h2-8,18-20,23H,9-15H2,1H3,(H,30,33)/t19-,20+,23+/m1/s1. The maximum Gasteiger partial charge on any atom is 0.274 e. The van der Waals surface area contributed by atoms with Crippen LogP contribution in [-0.4, -0.2) is 46.9 Å². The summed E-state index contributed by atoms with van der Waals surface area (Å²) in [5.41, 5.74) is 4.51. The summed E-state index contributed by atoms with van der Waals surface area (Å²) in [5, 5.41) is 4.22. The van der Waals surface area contributed by atoms with Gasteiger partial charge in [-0.2, -0.15) is 0 Å². The Bertz CT molecular complexity index is 1360. The van der Waals surface area contributed by atoms with Crippen molar-refractivity contribution < 1.29 is 14.3 Å². The molecule has 2 aliphatic heterocycles. The van der Waals surface area contributed by atoms with Gasteiger partial charge in [0.05, 0.1) is 22.5 Å². The minimum absolute atomic E-state index is 0.00449. The fraction of sp³-hybridized carbons (Fsp3) is 0.414. The van der Waals surface area contributed by atoms with Gasteiger partial charge in [-0.05, 0) is 56.2 Å². The van der Waals surface area contributed by atoms with Crippen LogP contribution in [0.25, 0.3) is 10.4 Å². The number of ether oxygens (including phenoxy) is 1. The number of nitrogens with one attached hydrogen (secondary N) is 1. The molecule has 2 aromatic carbocycles. The zero-order valence-electron chi connectivity index (χ0n) is 20.3. The highest BCUT2D eigenvalue weighted by atomic mass is 32.1. The van der Waals surface area contributed by atoms with Crippen LogP contribution in [0.2, 0.25) is 0 Å². The molecule has 184 valence electrons. The molecule has 1 aromatic heterocycles. The monoisotopic (exact) mass is 499 g/mol. The maximum atomic E-state index is 14.0. The Hall–Kier alpha value is -3.19. The summed E-state index contributed by atoms with van der Waals surface area (Å²) in [6.07, 6.45) is 5.06. The van der Waals surface area contributed by atoms with Gasteiger partial charge >= 0.3 is 0 Å². The highest BCUT2D eigenvalue weighted by molar-refractivity contribution is 7.15. The van der Waals surface area contributed by atoms with Gasteiger partial charge in [-0.3, -0.25) is 9.59 Å². The molecule has 1 saturated heterocycles. The van der Waals surface area contributed by atoms with E-state index in [-0.39, 0.29) is 23.9 Å². The number of likely N-dealkylation sites (tertiary alicyclic amines) is 1. The molecule has 4 aliphatic rings. The number of nitrogens with zero attached hydrogens (tertiary/aromatic N) is 2. The van der Waals surface area contributed by atoms with E-state index >= 15 is 0 Å². The second-order valence-corrected chi connectivity index (χ2v) is 11.7. The van der Waals surface area contributed by atoms with Crippen molar-refractivity contribution in [3.05, 3.63) is 69.9 Å². The van der Waals surface area contributed by atoms with Crippen molar-refractivity contribution in [2.45, 2.75) is 57.0 Å². The number of carbonyl (C=O) groups excluding carboxylic acids is 2. The van der Waals surface area contributed by atoms with Crippen molar-refractivity contribution in [3.63, 3.8) is 0 Å². The average molecular weight is 500 g/mol. The smallest absolute Gasteiger partial charge is 0.274 e. The molecule has 0 unspecified atom stereocenters. The summed E-state index contributed by atoms with van der Waals surface area (Å²) >= 11 is 1.68. The first-order chi connectivity index (χ1) is 17.6. The summed E-state index contributed by atoms with van der Waals surface area (Å²) in [6.45, 7) is 3.15. The molecule has 3 atom stereocenters. The molecule has 6 nitrogen and oxygen atoms in total. The molecule has 3 heterocycles. The summed E-state index contributed by atoms with van der Waals surface area (Å²) in [6, 6.07) is 14.3. The van der Waals surface area contributed by atoms with Crippen molar-refractivity contribution >= 4 is 23.2 Å². The molecule has 36 heavy (non-hydrogen) atoms. The van der Waals surface area contributed by atoms with E-state index in [1.165, 1.54) is 5.56 Å². The Morgan fingerprint density at radius 1 is 1.14 bits per heavy atom. The number of fused-ring (bicyclic) bond motifs is 2. The number of benzene rings is 2. The lowest BCUT2D eigenvalue weighted by Crippen LogP contribution is -2.45. The molecule has 3 fully saturated rings. The Balaban J connectivity index is 1.13. The average Bonchev–Trinajstić information content (AvgIpc) is 3.73. The minimum atomic E-state index is -0.0876. The first-order valence-corrected chi connectivity index (χ1v) is 13.8. The number of carbonyl (C=O) groups is 2. The van der Waals surface area contributed by atoms with Crippen molar-refractivity contribution in [2.24, 2.45) is 5.92 Å². The third kappa shape index (κ3) is 3.81. The SMILES string of the molecule is Cc1ccc(-c2sc(C3CC3)nc2C(=O)N2[C@H](CNC(=O)c3cccc4c3CCO4)C[C@@H]3C[C@@H]32)cc1. The third-order valence-corrected chi connectivity index (χ3v) is 9.28. The van der Waals surface area contributed by atoms with Crippen LogP contribution in [0.1, 0.15) is 68.6 Å². The van der Waals surface area contributed by atoms with Gasteiger partial charge in [0.15, 0.2) is 0 Å². The van der Waals surface area contributed by atoms with Crippen molar-refractivity contribution in [2.75, 3.05) is 13.2 Å². The predicted molar refractivity (Wildman–Crippen MR) is 139 cm³/mol. The fourth-order valence-electron chi connectivity index (χ4n) is 5.81. The lowest BCUT2D eigenvalue weighted by Gasteiger charge is -2.27. The third-order valence-electron chi connectivity index (χ3n) is 8.02. The lowest BCUT2D eigenvalue weighted by atomic mass is 10.0. The Labute approximate surface area is 214 Å². The summed E-state index contributed by atoms with van der Waals surface area (Å²) in [4.78, 5) is 35.0. The van der Waals surface area contributed by atoms with E-state index in [9.17, 15) is 9.59 Å². The van der Waals surface area contributed by atoms with E-state index < -0.39 is 0 Å². The summed E-state index contributed by atoms with van der Waals surface area (Å²) < 4.78 is 5.62. The highest BCUT2D eigenvalue weighted by Gasteiger charge is 2.54. The van der Waals surface area contributed by atoms with Crippen LogP contribution in [0.3, 0.4) is 0 Å². The van der Waals surface area contributed by atoms with E-state index in [4.69, 9.17) is 9.72 Å². The van der Waals surface area contributed by atoms with Crippen molar-refractivity contribution in [1.29, 1.82) is 0 Å². The number of hydrogen-bond donors (Lipinski definition) is 1. The molecule has 3 aromatic rings. The zero-order valence-corrected chi connectivity index (χ0v) is 21.1. The molecular formula is C29H29N3O3S. The summed E-state index contributed by atoms with van der Waals surface area (Å²) in [5.74, 6) is 1.77. The van der Waals surface area contributed by atoms with Crippen molar-refractivity contribution in [1.82, 2.24) is 15.2 Å².